The smallest absolute Gasteiger partial charge is 0.420 e. The monoisotopic (exact) mass is 442 g/mol. The molecule has 0 saturated carbocycles. The third-order valence-electron chi connectivity index (χ3n) is 3.03. The van der Waals surface area contributed by atoms with Gasteiger partial charge in [0.1, 0.15) is 11.2 Å². The van der Waals surface area contributed by atoms with Gasteiger partial charge in [0.2, 0.25) is 0 Å². The number of nitrogens with zero attached hydrogens (tertiary/aromatic N) is 2. The predicted octanol–water partition coefficient (Wildman–Crippen LogP) is 5.73. The number of halogens is 1. The zero-order valence-corrected chi connectivity index (χ0v) is 18.2. The molecule has 2 rings (SSSR count). The van der Waals surface area contributed by atoms with Crippen LogP contribution in [0.2, 0.25) is 0 Å². The first-order valence-corrected chi connectivity index (χ1v) is 9.74. The fraction of sp³-hybridized carbons (Fsp3) is 0.500. The fourth-order valence-corrected chi connectivity index (χ4v) is 3.58. The zero-order chi connectivity index (χ0) is 19.7. The first-order chi connectivity index (χ1) is 11.9. The predicted molar refractivity (Wildman–Crippen MR) is 105 cm³/mol. The molecule has 0 aliphatic carbocycles. The normalized spacial score (nSPS) is 12.1. The van der Waals surface area contributed by atoms with Gasteiger partial charge in [0.05, 0.1) is 16.8 Å². The minimum Gasteiger partial charge on any atom is -0.443 e. The van der Waals surface area contributed by atoms with Crippen molar-refractivity contribution in [1.29, 1.82) is 0 Å². The molecule has 2 amide bonds. The lowest BCUT2D eigenvalue weighted by molar-refractivity contribution is -0.000158. The van der Waals surface area contributed by atoms with Crippen molar-refractivity contribution in [1.82, 2.24) is 9.88 Å². The van der Waals surface area contributed by atoms with Crippen LogP contribution < -0.4 is 0 Å². The largest absolute Gasteiger partial charge is 0.443 e. The van der Waals surface area contributed by atoms with Crippen molar-refractivity contribution in [3.63, 3.8) is 0 Å². The van der Waals surface area contributed by atoms with Gasteiger partial charge >= 0.3 is 12.2 Å². The van der Waals surface area contributed by atoms with Gasteiger partial charge in [-0.25, -0.2) is 19.5 Å². The average molecular weight is 443 g/mol. The van der Waals surface area contributed by atoms with Crippen LogP contribution >= 0.6 is 27.3 Å². The molecule has 0 aliphatic rings. The second-order valence-corrected chi connectivity index (χ2v) is 10.1. The molecule has 8 heteroatoms. The summed E-state index contributed by atoms with van der Waals surface area (Å²) in [5.74, 6) is 0. The Labute approximate surface area is 165 Å². The Balaban J connectivity index is 2.36. The van der Waals surface area contributed by atoms with Crippen molar-refractivity contribution in [3.8, 4) is 0 Å². The van der Waals surface area contributed by atoms with E-state index in [1.165, 1.54) is 11.3 Å². The van der Waals surface area contributed by atoms with Gasteiger partial charge in [0.15, 0.2) is 3.92 Å². The summed E-state index contributed by atoms with van der Waals surface area (Å²) >= 11 is 4.82. The van der Waals surface area contributed by atoms with E-state index in [0.29, 0.717) is 0 Å². The molecule has 1 aromatic heterocycles. The highest BCUT2D eigenvalue weighted by Gasteiger charge is 2.31. The molecule has 1 heterocycles. The molecule has 0 radical (unpaired) electrons. The standard InChI is InChI=1S/C18H23BrN2O4S/c1-17(2,3)24-15(22)21(16(23)25-18(4,5)6)10-11-8-7-9-12-13(11)26-14(19)20-12/h7-9H,10H2,1-6H3. The number of carbonyl (C=O) groups excluding carboxylic acids is 2. The summed E-state index contributed by atoms with van der Waals surface area (Å²) in [6.07, 6.45) is -1.49. The Bertz CT molecular complexity index is 793. The van der Waals surface area contributed by atoms with Crippen LogP contribution in [0.1, 0.15) is 47.1 Å². The van der Waals surface area contributed by atoms with E-state index in [-0.39, 0.29) is 6.54 Å². The van der Waals surface area contributed by atoms with Gasteiger partial charge < -0.3 is 9.47 Å². The van der Waals surface area contributed by atoms with E-state index in [0.717, 1.165) is 24.6 Å². The molecule has 0 N–H and O–H groups in total. The molecule has 1 aromatic carbocycles. The topological polar surface area (TPSA) is 68.7 Å². The van der Waals surface area contributed by atoms with E-state index in [9.17, 15) is 9.59 Å². The lowest BCUT2D eigenvalue weighted by Gasteiger charge is -2.28. The van der Waals surface area contributed by atoms with Gasteiger partial charge in [-0.3, -0.25) is 0 Å². The molecule has 0 fully saturated rings. The van der Waals surface area contributed by atoms with Gasteiger partial charge in [0, 0.05) is 0 Å². The van der Waals surface area contributed by atoms with E-state index >= 15 is 0 Å². The minimum atomic E-state index is -0.743. The Kier molecular flexibility index (Phi) is 5.97. The number of hydrogen-bond acceptors (Lipinski definition) is 6. The molecular formula is C18H23BrN2O4S. The number of ether oxygens (including phenoxy) is 2. The molecule has 0 saturated heterocycles. The SMILES string of the molecule is CC(C)(C)OC(=O)N(Cc1cccc2nc(Br)sc12)C(=O)OC(C)(C)C. The number of amides is 2. The number of hydrogen-bond donors (Lipinski definition) is 0. The molecule has 0 bridgehead atoms. The summed E-state index contributed by atoms with van der Waals surface area (Å²) in [7, 11) is 0. The van der Waals surface area contributed by atoms with Crippen LogP contribution in [0.5, 0.6) is 0 Å². The van der Waals surface area contributed by atoms with Gasteiger partial charge in [0.25, 0.3) is 0 Å². The highest BCUT2D eigenvalue weighted by molar-refractivity contribution is 9.11. The molecule has 26 heavy (non-hydrogen) atoms. The Hall–Kier alpha value is -1.67. The zero-order valence-electron chi connectivity index (χ0n) is 15.8. The van der Waals surface area contributed by atoms with Crippen LogP contribution in [-0.4, -0.2) is 33.3 Å². The fourth-order valence-electron chi connectivity index (χ4n) is 2.11. The first kappa shape index (κ1) is 20.6. The number of carbonyl (C=O) groups is 2. The van der Waals surface area contributed by atoms with Crippen molar-refractivity contribution >= 4 is 49.7 Å². The maximum Gasteiger partial charge on any atom is 0.420 e. The van der Waals surface area contributed by atoms with E-state index in [1.807, 2.05) is 18.2 Å². The maximum atomic E-state index is 12.6. The lowest BCUT2D eigenvalue weighted by atomic mass is 10.2. The first-order valence-electron chi connectivity index (χ1n) is 8.13. The molecule has 142 valence electrons. The Morgan fingerprint density at radius 2 is 1.62 bits per heavy atom. The highest BCUT2D eigenvalue weighted by Crippen LogP contribution is 2.30. The van der Waals surface area contributed by atoms with E-state index < -0.39 is 23.4 Å². The summed E-state index contributed by atoms with van der Waals surface area (Å²) in [5, 5.41) is 0. The van der Waals surface area contributed by atoms with Crippen LogP contribution in [0.4, 0.5) is 9.59 Å². The van der Waals surface area contributed by atoms with Crippen molar-refractivity contribution < 1.29 is 19.1 Å². The summed E-state index contributed by atoms with van der Waals surface area (Å²) in [4.78, 5) is 30.6. The van der Waals surface area contributed by atoms with Crippen molar-refractivity contribution in [2.24, 2.45) is 0 Å². The summed E-state index contributed by atoms with van der Waals surface area (Å²) < 4.78 is 12.4. The highest BCUT2D eigenvalue weighted by atomic mass is 79.9. The molecule has 6 nitrogen and oxygen atoms in total. The van der Waals surface area contributed by atoms with Crippen molar-refractivity contribution in [3.05, 3.63) is 27.7 Å². The van der Waals surface area contributed by atoms with E-state index in [2.05, 4.69) is 20.9 Å². The van der Waals surface area contributed by atoms with Crippen LogP contribution in [0.15, 0.2) is 22.1 Å². The summed E-state index contributed by atoms with van der Waals surface area (Å²) in [5.41, 5.74) is 0.142. The molecule has 0 atom stereocenters. The van der Waals surface area contributed by atoms with Crippen molar-refractivity contribution in [2.75, 3.05) is 0 Å². The minimum absolute atomic E-state index is 0.0375. The second kappa shape index (κ2) is 7.52. The third kappa shape index (κ3) is 5.67. The van der Waals surface area contributed by atoms with Crippen LogP contribution in [0, 0.1) is 0 Å². The molecule has 0 spiro atoms. The number of fused-ring (bicyclic) bond motifs is 1. The van der Waals surface area contributed by atoms with Gasteiger partial charge in [-0.15, -0.1) is 11.3 Å². The number of rotatable bonds is 2. The summed E-state index contributed by atoms with van der Waals surface area (Å²) in [6, 6.07) is 5.58. The van der Waals surface area contributed by atoms with Crippen LogP contribution in [0.25, 0.3) is 10.2 Å². The molecule has 2 aromatic rings. The molecule has 0 unspecified atom stereocenters. The van der Waals surface area contributed by atoms with E-state index in [4.69, 9.17) is 9.47 Å². The van der Waals surface area contributed by atoms with Gasteiger partial charge in [-0.2, -0.15) is 0 Å². The summed E-state index contributed by atoms with van der Waals surface area (Å²) in [6.45, 7) is 10.5. The molecular weight excluding hydrogens is 420 g/mol. The number of imide groups is 1. The number of aromatic nitrogens is 1. The van der Waals surface area contributed by atoms with Gasteiger partial charge in [-0.1, -0.05) is 12.1 Å². The maximum absolute atomic E-state index is 12.6. The number of thiazole rings is 1. The Morgan fingerprint density at radius 1 is 1.08 bits per heavy atom. The van der Waals surface area contributed by atoms with Crippen LogP contribution in [-0.2, 0) is 16.0 Å². The van der Waals surface area contributed by atoms with Crippen LogP contribution in [0.3, 0.4) is 0 Å². The van der Waals surface area contributed by atoms with Gasteiger partial charge in [-0.05, 0) is 69.1 Å². The van der Waals surface area contributed by atoms with Crippen molar-refractivity contribution in [2.45, 2.75) is 59.3 Å². The number of benzene rings is 1. The lowest BCUT2D eigenvalue weighted by Crippen LogP contribution is -2.43. The Morgan fingerprint density at radius 3 is 2.12 bits per heavy atom. The third-order valence-corrected chi connectivity index (χ3v) is 4.62. The van der Waals surface area contributed by atoms with E-state index in [1.54, 1.807) is 41.5 Å². The second-order valence-electron chi connectivity index (χ2n) is 7.78. The molecule has 0 aliphatic heterocycles. The quantitative estimate of drug-likeness (QED) is 0.593. The average Bonchev–Trinajstić information content (AvgIpc) is 2.81.